The molecule has 1 aliphatic heterocycles. The lowest BCUT2D eigenvalue weighted by molar-refractivity contribution is 0.322. The number of hydrogen-bond donors (Lipinski definition) is 2. The van der Waals surface area contributed by atoms with Crippen LogP contribution in [0.3, 0.4) is 0 Å². The number of nitrogens with zero attached hydrogens (tertiary/aromatic N) is 1. The summed E-state index contributed by atoms with van der Waals surface area (Å²) in [6.45, 7) is 2.22. The van der Waals surface area contributed by atoms with Crippen LogP contribution >= 0.6 is 0 Å². The first-order valence-electron chi connectivity index (χ1n) is 7.16. The molecular formula is C16H18BNO3. The molecule has 4 nitrogen and oxygen atoms in total. The standard InChI is InChI=1S/C16H18BNO3/c19-17(20)14-7-2-1-6-13(14)12-18-10-5-11-21-16-9-4-3-8-15(16)18/h1-4,6-9,19-20H,5,10-12H2. The zero-order chi connectivity index (χ0) is 14.7. The highest BCUT2D eigenvalue weighted by molar-refractivity contribution is 6.59. The Labute approximate surface area is 124 Å². The number of benzene rings is 2. The Kier molecular flexibility index (Phi) is 4.13. The Morgan fingerprint density at radius 1 is 1.05 bits per heavy atom. The number of ether oxygens (including phenoxy) is 1. The Balaban J connectivity index is 1.91. The van der Waals surface area contributed by atoms with E-state index in [1.807, 2.05) is 42.5 Å². The lowest BCUT2D eigenvalue weighted by Gasteiger charge is -2.25. The highest BCUT2D eigenvalue weighted by atomic mass is 16.5. The molecule has 0 unspecified atom stereocenters. The van der Waals surface area contributed by atoms with Gasteiger partial charge in [0.05, 0.1) is 12.3 Å². The summed E-state index contributed by atoms with van der Waals surface area (Å²) in [5.74, 6) is 0.886. The molecule has 0 aliphatic carbocycles. The predicted octanol–water partition coefficient (Wildman–Crippen LogP) is 1.16. The van der Waals surface area contributed by atoms with Gasteiger partial charge >= 0.3 is 7.12 Å². The molecule has 0 saturated heterocycles. The number of para-hydroxylation sites is 2. The van der Waals surface area contributed by atoms with Crippen molar-refractivity contribution in [2.45, 2.75) is 13.0 Å². The number of rotatable bonds is 3. The Bertz CT molecular complexity index is 618. The molecule has 3 rings (SSSR count). The summed E-state index contributed by atoms with van der Waals surface area (Å²) < 4.78 is 5.75. The van der Waals surface area contributed by atoms with Gasteiger partial charge in [-0.1, -0.05) is 36.4 Å². The summed E-state index contributed by atoms with van der Waals surface area (Å²) in [4.78, 5) is 2.23. The molecule has 108 valence electrons. The van der Waals surface area contributed by atoms with Crippen molar-refractivity contribution in [1.82, 2.24) is 0 Å². The van der Waals surface area contributed by atoms with Crippen molar-refractivity contribution in [1.29, 1.82) is 0 Å². The molecule has 2 N–H and O–H groups in total. The Morgan fingerprint density at radius 2 is 1.81 bits per heavy atom. The third kappa shape index (κ3) is 3.04. The van der Waals surface area contributed by atoms with E-state index >= 15 is 0 Å². The van der Waals surface area contributed by atoms with E-state index in [4.69, 9.17) is 4.74 Å². The quantitative estimate of drug-likeness (QED) is 0.830. The average Bonchev–Trinajstić information content (AvgIpc) is 2.70. The van der Waals surface area contributed by atoms with Gasteiger partial charge in [0.15, 0.2) is 0 Å². The van der Waals surface area contributed by atoms with Crippen LogP contribution in [0.15, 0.2) is 48.5 Å². The molecule has 0 spiro atoms. The van der Waals surface area contributed by atoms with Crippen LogP contribution in [0.2, 0.25) is 0 Å². The fraction of sp³-hybridized carbons (Fsp3) is 0.250. The second-order valence-electron chi connectivity index (χ2n) is 5.16. The predicted molar refractivity (Wildman–Crippen MR) is 83.9 cm³/mol. The molecule has 0 saturated carbocycles. The zero-order valence-corrected chi connectivity index (χ0v) is 11.8. The molecule has 2 aromatic rings. The van der Waals surface area contributed by atoms with Crippen molar-refractivity contribution in [3.8, 4) is 5.75 Å². The van der Waals surface area contributed by atoms with E-state index in [2.05, 4.69) is 4.90 Å². The lowest BCUT2D eigenvalue weighted by Crippen LogP contribution is -2.36. The second kappa shape index (κ2) is 6.20. The summed E-state index contributed by atoms with van der Waals surface area (Å²) in [7, 11) is -1.44. The van der Waals surface area contributed by atoms with Gasteiger partial charge in [0.1, 0.15) is 5.75 Å². The summed E-state index contributed by atoms with van der Waals surface area (Å²) in [5.41, 5.74) is 2.53. The Hall–Kier alpha value is -1.98. The van der Waals surface area contributed by atoms with Gasteiger partial charge in [-0.25, -0.2) is 0 Å². The zero-order valence-electron chi connectivity index (χ0n) is 11.8. The second-order valence-corrected chi connectivity index (χ2v) is 5.16. The molecule has 0 atom stereocenters. The highest BCUT2D eigenvalue weighted by Gasteiger charge is 2.20. The summed E-state index contributed by atoms with van der Waals surface area (Å²) in [5, 5.41) is 19.0. The minimum atomic E-state index is -1.44. The molecule has 0 aromatic heterocycles. The first-order chi connectivity index (χ1) is 10.3. The van der Waals surface area contributed by atoms with E-state index in [1.165, 1.54) is 0 Å². The minimum absolute atomic E-state index is 0.556. The van der Waals surface area contributed by atoms with Gasteiger partial charge in [-0.3, -0.25) is 0 Å². The lowest BCUT2D eigenvalue weighted by atomic mass is 9.77. The summed E-state index contributed by atoms with van der Waals surface area (Å²) in [6, 6.07) is 15.4. The highest BCUT2D eigenvalue weighted by Crippen LogP contribution is 2.31. The van der Waals surface area contributed by atoms with E-state index < -0.39 is 7.12 Å². The van der Waals surface area contributed by atoms with Crippen molar-refractivity contribution in [2.75, 3.05) is 18.1 Å². The fourth-order valence-electron chi connectivity index (χ4n) is 2.70. The van der Waals surface area contributed by atoms with Crippen LogP contribution in [0.1, 0.15) is 12.0 Å². The van der Waals surface area contributed by atoms with Crippen molar-refractivity contribution >= 4 is 18.3 Å². The van der Waals surface area contributed by atoms with Gasteiger partial charge in [-0.2, -0.15) is 0 Å². The van der Waals surface area contributed by atoms with Crippen LogP contribution in [0.4, 0.5) is 5.69 Å². The monoisotopic (exact) mass is 283 g/mol. The van der Waals surface area contributed by atoms with Crippen molar-refractivity contribution in [3.63, 3.8) is 0 Å². The summed E-state index contributed by atoms with van der Waals surface area (Å²) >= 11 is 0. The van der Waals surface area contributed by atoms with Crippen LogP contribution in [0, 0.1) is 0 Å². The van der Waals surface area contributed by atoms with Gasteiger partial charge in [-0.05, 0) is 29.6 Å². The molecule has 0 fully saturated rings. The van der Waals surface area contributed by atoms with Gasteiger partial charge in [0.2, 0.25) is 0 Å². The van der Waals surface area contributed by atoms with E-state index in [9.17, 15) is 10.0 Å². The maximum absolute atomic E-state index is 9.50. The fourth-order valence-corrected chi connectivity index (χ4v) is 2.70. The van der Waals surface area contributed by atoms with Gasteiger partial charge in [-0.15, -0.1) is 0 Å². The number of anilines is 1. The average molecular weight is 283 g/mol. The maximum atomic E-state index is 9.50. The maximum Gasteiger partial charge on any atom is 0.488 e. The molecular weight excluding hydrogens is 265 g/mol. The first kappa shape index (κ1) is 14.0. The van der Waals surface area contributed by atoms with Crippen LogP contribution in [-0.4, -0.2) is 30.3 Å². The molecule has 1 heterocycles. The van der Waals surface area contributed by atoms with Crippen molar-refractivity contribution < 1.29 is 14.8 Å². The van der Waals surface area contributed by atoms with E-state index in [-0.39, 0.29) is 0 Å². The van der Waals surface area contributed by atoms with E-state index in [1.54, 1.807) is 6.07 Å². The van der Waals surface area contributed by atoms with Gasteiger partial charge in [0, 0.05) is 13.1 Å². The molecule has 2 aromatic carbocycles. The number of hydrogen-bond acceptors (Lipinski definition) is 4. The molecule has 1 aliphatic rings. The van der Waals surface area contributed by atoms with Crippen LogP contribution in [0.25, 0.3) is 0 Å². The van der Waals surface area contributed by atoms with Crippen molar-refractivity contribution in [2.24, 2.45) is 0 Å². The van der Waals surface area contributed by atoms with E-state index in [0.29, 0.717) is 18.6 Å². The molecule has 0 bridgehead atoms. The third-order valence-corrected chi connectivity index (χ3v) is 3.73. The molecule has 5 heteroatoms. The van der Waals surface area contributed by atoms with Gasteiger partial charge in [0.25, 0.3) is 0 Å². The van der Waals surface area contributed by atoms with Gasteiger partial charge < -0.3 is 19.7 Å². The van der Waals surface area contributed by atoms with E-state index in [0.717, 1.165) is 30.0 Å². The third-order valence-electron chi connectivity index (χ3n) is 3.73. The molecule has 0 radical (unpaired) electrons. The summed E-state index contributed by atoms with van der Waals surface area (Å²) in [6.07, 6.45) is 0.943. The minimum Gasteiger partial charge on any atom is -0.491 e. The van der Waals surface area contributed by atoms with Crippen LogP contribution < -0.4 is 15.1 Å². The molecule has 21 heavy (non-hydrogen) atoms. The number of fused-ring (bicyclic) bond motifs is 1. The first-order valence-corrected chi connectivity index (χ1v) is 7.16. The SMILES string of the molecule is OB(O)c1ccccc1CN1CCCOc2ccccc21. The Morgan fingerprint density at radius 3 is 2.67 bits per heavy atom. The van der Waals surface area contributed by atoms with Crippen LogP contribution in [-0.2, 0) is 6.54 Å². The topological polar surface area (TPSA) is 52.9 Å². The molecule has 0 amide bonds. The normalized spacial score (nSPS) is 14.1. The smallest absolute Gasteiger partial charge is 0.488 e. The largest absolute Gasteiger partial charge is 0.491 e. The van der Waals surface area contributed by atoms with Crippen LogP contribution in [0.5, 0.6) is 5.75 Å². The van der Waals surface area contributed by atoms with Crippen molar-refractivity contribution in [3.05, 3.63) is 54.1 Å².